The summed E-state index contributed by atoms with van der Waals surface area (Å²) >= 11 is 0. The Morgan fingerprint density at radius 1 is 0.894 bits per heavy atom. The summed E-state index contributed by atoms with van der Waals surface area (Å²) in [5.41, 5.74) is 6.89. The van der Waals surface area contributed by atoms with Gasteiger partial charge in [-0.3, -0.25) is 9.59 Å². The molecular weight excluding hydrogens is 590 g/mol. The third kappa shape index (κ3) is 6.55. The molecule has 2 saturated carbocycles. The van der Waals surface area contributed by atoms with Gasteiger partial charge in [0.1, 0.15) is 12.4 Å². The molecule has 1 aromatic heterocycles. The zero-order valence-electron chi connectivity index (χ0n) is 26.5. The normalized spacial score (nSPS) is 19.7. The molecule has 1 aliphatic heterocycles. The van der Waals surface area contributed by atoms with Crippen molar-refractivity contribution in [3.8, 4) is 17.0 Å². The number of nitrogens with one attached hydrogen (secondary N) is 2. The first kappa shape index (κ1) is 30.8. The monoisotopic (exact) mass is 631 g/mol. The highest BCUT2D eigenvalue weighted by Gasteiger charge is 2.31. The van der Waals surface area contributed by atoms with E-state index >= 15 is 0 Å². The zero-order valence-corrected chi connectivity index (χ0v) is 26.5. The predicted octanol–water partition coefficient (Wildman–Crippen LogP) is 7.77. The molecule has 0 bridgehead atoms. The van der Waals surface area contributed by atoms with Crippen LogP contribution in [0.15, 0.2) is 72.8 Å². The second kappa shape index (κ2) is 13.5. The van der Waals surface area contributed by atoms with E-state index in [0.717, 1.165) is 54.3 Å². The fourth-order valence-corrected chi connectivity index (χ4v) is 7.80. The number of amides is 2. The van der Waals surface area contributed by atoms with Gasteiger partial charge in [0, 0.05) is 45.8 Å². The van der Waals surface area contributed by atoms with Crippen LogP contribution < -0.4 is 15.4 Å². The molecule has 2 amide bonds. The van der Waals surface area contributed by atoms with Crippen molar-refractivity contribution in [2.45, 2.75) is 76.3 Å². The lowest BCUT2D eigenvalue weighted by Gasteiger charge is -2.29. The molecule has 2 heterocycles. The van der Waals surface area contributed by atoms with Crippen LogP contribution >= 0.6 is 0 Å². The number of hydrogen-bond donors (Lipinski definition) is 3. The molecule has 47 heavy (non-hydrogen) atoms. The van der Waals surface area contributed by atoms with E-state index in [1.54, 1.807) is 24.3 Å². The molecule has 0 spiro atoms. The van der Waals surface area contributed by atoms with Crippen LogP contribution in [-0.2, 0) is 16.1 Å². The Morgan fingerprint density at radius 3 is 2.51 bits per heavy atom. The summed E-state index contributed by atoms with van der Waals surface area (Å²) in [5, 5.41) is 16.3. The van der Waals surface area contributed by atoms with Gasteiger partial charge in [0.2, 0.25) is 5.91 Å². The van der Waals surface area contributed by atoms with Crippen molar-refractivity contribution >= 4 is 40.4 Å². The first-order valence-electron chi connectivity index (χ1n) is 17.0. The molecule has 2 aliphatic carbocycles. The summed E-state index contributed by atoms with van der Waals surface area (Å²) in [4.78, 5) is 37.6. The van der Waals surface area contributed by atoms with E-state index < -0.39 is 5.97 Å². The van der Waals surface area contributed by atoms with Crippen LogP contribution in [0.2, 0.25) is 0 Å². The van der Waals surface area contributed by atoms with Crippen molar-refractivity contribution in [3.63, 3.8) is 0 Å². The van der Waals surface area contributed by atoms with Crippen LogP contribution in [0, 0.1) is 5.92 Å². The Balaban J connectivity index is 1.09. The van der Waals surface area contributed by atoms with Crippen LogP contribution in [0.5, 0.6) is 5.75 Å². The number of nitrogens with zero attached hydrogens (tertiary/aromatic N) is 1. The lowest BCUT2D eigenvalue weighted by Crippen LogP contribution is -2.41. The summed E-state index contributed by atoms with van der Waals surface area (Å²) in [6, 6.07) is 21.5. The van der Waals surface area contributed by atoms with Gasteiger partial charge in [0.15, 0.2) is 0 Å². The summed E-state index contributed by atoms with van der Waals surface area (Å²) in [5.74, 6) is 0.0276. The topological polar surface area (TPSA) is 110 Å². The molecule has 2 fully saturated rings. The van der Waals surface area contributed by atoms with Crippen molar-refractivity contribution in [1.82, 2.24) is 9.88 Å². The standard InChI is InChI=1S/C39H41N3O5/c43-35(44)20-15-25-13-17-29(18-14-25)40-38(45)27-9-6-10-30(23-27)41-39(46)28-16-19-31-33(24-28)42-21-22-47-34-12-5-4-11-32(34)37(42)36(31)26-7-2-1-3-8-26/h4-5,11-20,24,26-27,30H,1-3,6-10,21-23H2,(H,40,45)(H,41,46)(H,43,44). The van der Waals surface area contributed by atoms with Crippen molar-refractivity contribution in [3.05, 3.63) is 89.5 Å². The van der Waals surface area contributed by atoms with Gasteiger partial charge in [-0.05, 0) is 91.6 Å². The van der Waals surface area contributed by atoms with Crippen molar-refractivity contribution in [1.29, 1.82) is 0 Å². The molecule has 242 valence electrons. The number of carbonyl (C=O) groups excluding carboxylic acids is 2. The van der Waals surface area contributed by atoms with Crippen molar-refractivity contribution < 1.29 is 24.2 Å². The highest BCUT2D eigenvalue weighted by Crippen LogP contribution is 2.47. The SMILES string of the molecule is O=C(O)C=Cc1ccc(NC(=O)C2CCCC(NC(=O)c3ccc4c(C5CCCCC5)c5n(c4c3)CCOc3ccccc3-5)C2)cc1. The minimum absolute atomic E-state index is 0.0622. The maximum Gasteiger partial charge on any atom is 0.328 e. The van der Waals surface area contributed by atoms with Crippen molar-refractivity contribution in [2.75, 3.05) is 11.9 Å². The van der Waals surface area contributed by atoms with Gasteiger partial charge in [-0.15, -0.1) is 0 Å². The number of carboxylic acid groups (broad SMARTS) is 1. The smallest absolute Gasteiger partial charge is 0.328 e. The third-order valence-electron chi connectivity index (χ3n) is 10.1. The number of anilines is 1. The average molecular weight is 632 g/mol. The maximum absolute atomic E-state index is 13.7. The molecule has 0 radical (unpaired) electrons. The molecule has 2 atom stereocenters. The van der Waals surface area contributed by atoms with Crippen LogP contribution in [0.3, 0.4) is 0 Å². The Kier molecular flexibility index (Phi) is 8.83. The second-order valence-corrected chi connectivity index (χ2v) is 13.1. The minimum Gasteiger partial charge on any atom is -0.491 e. The number of benzene rings is 3. The molecular formula is C39H41N3O5. The fourth-order valence-electron chi connectivity index (χ4n) is 7.80. The Labute approximate surface area is 274 Å². The van der Waals surface area contributed by atoms with Crippen LogP contribution in [0.4, 0.5) is 5.69 Å². The molecule has 8 heteroatoms. The fraction of sp³-hybridized carbons (Fsp3) is 0.359. The number of fused-ring (bicyclic) bond motifs is 5. The predicted molar refractivity (Wildman–Crippen MR) is 184 cm³/mol. The van der Waals surface area contributed by atoms with E-state index in [9.17, 15) is 14.4 Å². The second-order valence-electron chi connectivity index (χ2n) is 13.1. The number of rotatable bonds is 7. The quantitative estimate of drug-likeness (QED) is 0.181. The number of para-hydroxylation sites is 1. The highest BCUT2D eigenvalue weighted by atomic mass is 16.5. The first-order chi connectivity index (χ1) is 22.9. The molecule has 0 saturated heterocycles. The van der Waals surface area contributed by atoms with Gasteiger partial charge in [-0.2, -0.15) is 0 Å². The summed E-state index contributed by atoms with van der Waals surface area (Å²) in [6.45, 7) is 1.30. The number of carbonyl (C=O) groups is 3. The number of carboxylic acids is 1. The van der Waals surface area contributed by atoms with E-state index in [2.05, 4.69) is 45.5 Å². The lowest BCUT2D eigenvalue weighted by molar-refractivity contribution is -0.131. The first-order valence-corrected chi connectivity index (χ1v) is 17.0. The molecule has 7 rings (SSSR count). The number of aromatic nitrogens is 1. The summed E-state index contributed by atoms with van der Waals surface area (Å²) < 4.78 is 8.57. The van der Waals surface area contributed by atoms with Gasteiger partial charge in [0.25, 0.3) is 5.91 Å². The highest BCUT2D eigenvalue weighted by molar-refractivity contribution is 6.01. The van der Waals surface area contributed by atoms with Crippen LogP contribution in [-0.4, -0.2) is 40.1 Å². The average Bonchev–Trinajstić information content (AvgIpc) is 3.29. The molecule has 4 aromatic rings. The van der Waals surface area contributed by atoms with Crippen molar-refractivity contribution in [2.24, 2.45) is 5.92 Å². The third-order valence-corrected chi connectivity index (χ3v) is 10.1. The van der Waals surface area contributed by atoms with E-state index in [4.69, 9.17) is 9.84 Å². The summed E-state index contributed by atoms with van der Waals surface area (Å²) in [7, 11) is 0. The van der Waals surface area contributed by atoms with E-state index in [0.29, 0.717) is 30.2 Å². The number of hydrogen-bond acceptors (Lipinski definition) is 4. The number of ether oxygens (including phenoxy) is 1. The molecule has 2 unspecified atom stereocenters. The van der Waals surface area contributed by atoms with Crippen LogP contribution in [0.1, 0.15) is 85.2 Å². The van der Waals surface area contributed by atoms with Gasteiger partial charge in [-0.1, -0.05) is 56.0 Å². The van der Waals surface area contributed by atoms with E-state index in [-0.39, 0.29) is 23.8 Å². The van der Waals surface area contributed by atoms with E-state index in [1.165, 1.54) is 54.8 Å². The summed E-state index contributed by atoms with van der Waals surface area (Å²) in [6.07, 6.45) is 11.8. The largest absolute Gasteiger partial charge is 0.491 e. The Morgan fingerprint density at radius 2 is 1.70 bits per heavy atom. The van der Waals surface area contributed by atoms with Crippen LogP contribution in [0.25, 0.3) is 28.2 Å². The number of aliphatic carboxylic acids is 1. The zero-order chi connectivity index (χ0) is 32.3. The van der Waals surface area contributed by atoms with Gasteiger partial charge in [-0.25, -0.2) is 4.79 Å². The Hall–Kier alpha value is -4.85. The van der Waals surface area contributed by atoms with Gasteiger partial charge < -0.3 is 25.0 Å². The minimum atomic E-state index is -1.01. The molecule has 8 nitrogen and oxygen atoms in total. The maximum atomic E-state index is 13.7. The molecule has 3 aromatic carbocycles. The molecule has 3 N–H and O–H groups in total. The van der Waals surface area contributed by atoms with Gasteiger partial charge in [0.05, 0.1) is 12.2 Å². The molecule has 3 aliphatic rings. The lowest BCUT2D eigenvalue weighted by atomic mass is 9.81. The Bertz CT molecular complexity index is 1830. The van der Waals surface area contributed by atoms with E-state index in [1.807, 2.05) is 12.1 Å². The van der Waals surface area contributed by atoms with Gasteiger partial charge >= 0.3 is 5.97 Å².